The van der Waals surface area contributed by atoms with Crippen molar-refractivity contribution in [1.82, 2.24) is 0 Å². The molecule has 2 unspecified atom stereocenters. The molecule has 0 aromatic heterocycles. The van der Waals surface area contributed by atoms with Crippen LogP contribution in [0, 0.1) is 40.4 Å². The molecular weight excluding hydrogens is 328 g/mol. The first kappa shape index (κ1) is 19.3. The van der Waals surface area contributed by atoms with Gasteiger partial charge in [-0.15, -0.1) is 13.0 Å². The molecule has 142 valence electrons. The molecule has 4 nitrogen and oxygen atoms in total. The van der Waals surface area contributed by atoms with E-state index in [0.29, 0.717) is 13.2 Å². The summed E-state index contributed by atoms with van der Waals surface area (Å²) < 4.78 is 12.2. The Kier molecular flexibility index (Phi) is 4.70. The van der Waals surface area contributed by atoms with Crippen LogP contribution in [0.25, 0.3) is 0 Å². The van der Waals surface area contributed by atoms with E-state index in [0.717, 1.165) is 32.0 Å². The molecule has 0 amide bonds. The van der Waals surface area contributed by atoms with E-state index in [4.69, 9.17) is 15.9 Å². The smallest absolute Gasteiger partial charge is 0.173 e. The summed E-state index contributed by atoms with van der Waals surface area (Å²) in [7, 11) is 0. The van der Waals surface area contributed by atoms with Gasteiger partial charge in [0.2, 0.25) is 0 Å². The molecule has 1 spiro atoms. The zero-order valence-electron chi connectivity index (χ0n) is 16.2. The van der Waals surface area contributed by atoms with Crippen molar-refractivity contribution in [3.63, 3.8) is 0 Å². The van der Waals surface area contributed by atoms with E-state index in [9.17, 15) is 9.59 Å². The van der Waals surface area contributed by atoms with Gasteiger partial charge in [-0.3, -0.25) is 4.79 Å². The average Bonchev–Trinajstić information content (AvgIpc) is 3.25. The van der Waals surface area contributed by atoms with Crippen molar-refractivity contribution in [2.24, 2.45) is 28.1 Å². The second kappa shape index (κ2) is 6.32. The molecule has 0 aromatic carbocycles. The molecule has 0 N–H and O–H groups in total. The lowest BCUT2D eigenvalue weighted by atomic mass is 9.49. The van der Waals surface area contributed by atoms with Crippen LogP contribution in [0.4, 0.5) is 0 Å². The maximum Gasteiger partial charge on any atom is 0.173 e. The summed E-state index contributed by atoms with van der Waals surface area (Å²) in [5.41, 5.74) is -1.94. The number of rotatable bonds is 5. The number of hydrogen-bond acceptors (Lipinski definition) is 4. The van der Waals surface area contributed by atoms with Crippen molar-refractivity contribution in [1.29, 1.82) is 0 Å². The van der Waals surface area contributed by atoms with Gasteiger partial charge in [0.05, 0.1) is 13.2 Å². The molecule has 1 aliphatic heterocycles. The molecule has 0 bridgehead atoms. The minimum absolute atomic E-state index is 0.0594. The van der Waals surface area contributed by atoms with Gasteiger partial charge >= 0.3 is 0 Å². The van der Waals surface area contributed by atoms with Gasteiger partial charge in [0.15, 0.2) is 5.79 Å². The second-order valence-electron chi connectivity index (χ2n) is 8.89. The highest BCUT2D eigenvalue weighted by Gasteiger charge is 2.70. The minimum Gasteiger partial charge on any atom is -0.347 e. The number of ether oxygens (including phenoxy) is 2. The summed E-state index contributed by atoms with van der Waals surface area (Å²) in [6.45, 7) is 10.7. The number of aldehydes is 1. The van der Waals surface area contributed by atoms with Gasteiger partial charge in [-0.1, -0.05) is 25.8 Å². The number of terminal acetylenes is 1. The van der Waals surface area contributed by atoms with E-state index in [1.165, 1.54) is 0 Å². The first-order valence-corrected chi connectivity index (χ1v) is 9.61. The molecule has 2 aliphatic carbocycles. The minimum atomic E-state index is -0.862. The molecular formula is C22H30O4. The maximum atomic E-state index is 13.6. The van der Waals surface area contributed by atoms with E-state index >= 15 is 0 Å². The molecule has 26 heavy (non-hydrogen) atoms. The van der Waals surface area contributed by atoms with Crippen molar-refractivity contribution in [2.75, 3.05) is 13.2 Å². The van der Waals surface area contributed by atoms with Gasteiger partial charge < -0.3 is 14.3 Å². The Morgan fingerprint density at radius 3 is 2.54 bits per heavy atom. The molecule has 4 heteroatoms. The van der Waals surface area contributed by atoms with E-state index in [-0.39, 0.29) is 29.5 Å². The van der Waals surface area contributed by atoms with E-state index in [2.05, 4.69) is 19.4 Å². The molecule has 1 heterocycles. The molecule has 0 aromatic rings. The largest absolute Gasteiger partial charge is 0.347 e. The summed E-state index contributed by atoms with van der Waals surface area (Å²) in [5.74, 6) is 2.30. The van der Waals surface area contributed by atoms with Crippen LogP contribution in [0.3, 0.4) is 0 Å². The fraction of sp³-hybridized carbons (Fsp3) is 0.727. The summed E-state index contributed by atoms with van der Waals surface area (Å²) in [6, 6.07) is 0. The third-order valence-electron chi connectivity index (χ3n) is 7.50. The zero-order valence-corrected chi connectivity index (χ0v) is 16.2. The van der Waals surface area contributed by atoms with Crippen LogP contribution < -0.4 is 0 Å². The third-order valence-corrected chi connectivity index (χ3v) is 7.50. The van der Waals surface area contributed by atoms with Crippen molar-refractivity contribution in [3.05, 3.63) is 12.7 Å². The molecule has 1 saturated heterocycles. The number of carbonyl (C=O) groups is 2. The summed E-state index contributed by atoms with van der Waals surface area (Å²) in [5, 5.41) is 0. The second-order valence-corrected chi connectivity index (χ2v) is 8.89. The quantitative estimate of drug-likeness (QED) is 0.428. The first-order chi connectivity index (χ1) is 12.2. The van der Waals surface area contributed by atoms with Crippen molar-refractivity contribution < 1.29 is 19.1 Å². The van der Waals surface area contributed by atoms with E-state index < -0.39 is 16.6 Å². The van der Waals surface area contributed by atoms with Crippen molar-refractivity contribution in [3.8, 4) is 12.3 Å². The SMILES string of the molecule is C#CC12CC[C@@H](C)[C@@](C)(C(=O)C[C@](C)(C=C)C=O)C1C1(CC2)OCCO1. The van der Waals surface area contributed by atoms with Gasteiger partial charge in [-0.05, 0) is 32.1 Å². The Balaban J connectivity index is 2.07. The van der Waals surface area contributed by atoms with Gasteiger partial charge in [0.25, 0.3) is 0 Å². The van der Waals surface area contributed by atoms with E-state index in [1.807, 2.05) is 6.92 Å². The Hall–Kier alpha value is -1.44. The van der Waals surface area contributed by atoms with E-state index in [1.54, 1.807) is 13.0 Å². The van der Waals surface area contributed by atoms with Crippen molar-refractivity contribution >= 4 is 12.1 Å². The molecule has 5 atom stereocenters. The first-order valence-electron chi connectivity index (χ1n) is 9.61. The number of allylic oxidation sites excluding steroid dienone is 1. The lowest BCUT2D eigenvalue weighted by molar-refractivity contribution is -0.232. The molecule has 3 rings (SSSR count). The Morgan fingerprint density at radius 2 is 2.00 bits per heavy atom. The maximum absolute atomic E-state index is 13.6. The van der Waals surface area contributed by atoms with Crippen LogP contribution >= 0.6 is 0 Å². The number of fused-ring (bicyclic) bond motifs is 2. The lowest BCUT2D eigenvalue weighted by Crippen LogP contribution is -2.58. The fourth-order valence-electron chi connectivity index (χ4n) is 5.61. The highest BCUT2D eigenvalue weighted by Crippen LogP contribution is 2.67. The molecule has 0 radical (unpaired) electrons. The topological polar surface area (TPSA) is 52.6 Å². The number of ketones is 1. The average molecular weight is 358 g/mol. The van der Waals surface area contributed by atoms with Crippen LogP contribution in [-0.2, 0) is 19.1 Å². The van der Waals surface area contributed by atoms with Gasteiger partial charge in [-0.25, -0.2) is 0 Å². The summed E-state index contributed by atoms with van der Waals surface area (Å²) in [4.78, 5) is 25.2. The summed E-state index contributed by atoms with van der Waals surface area (Å²) >= 11 is 0. The van der Waals surface area contributed by atoms with Crippen LogP contribution in [0.15, 0.2) is 12.7 Å². The van der Waals surface area contributed by atoms with Crippen molar-refractivity contribution in [2.45, 2.75) is 58.7 Å². The Labute approximate surface area is 156 Å². The third kappa shape index (κ3) is 2.52. The predicted octanol–water partition coefficient (Wildman–Crippen LogP) is 3.55. The standard InChI is InChI=1S/C22H30O4/c1-6-19(4,15-23)14-17(24)20(5)16(3)8-9-21(7-2)10-11-22(18(20)21)25-12-13-26-22/h2,6,15-16,18H,1,8-14H2,3-5H3/t16-,18?,19+,20+,21?/m1/s1. The number of Topliss-reactive ketones (excluding diaryl/α,β-unsaturated/α-hetero) is 1. The number of hydrogen-bond donors (Lipinski definition) is 0. The van der Waals surface area contributed by atoms with Crippen LogP contribution in [0.5, 0.6) is 0 Å². The van der Waals surface area contributed by atoms with Crippen LogP contribution in [-0.4, -0.2) is 31.1 Å². The van der Waals surface area contributed by atoms with Crippen LogP contribution in [0.1, 0.15) is 52.9 Å². The predicted molar refractivity (Wildman–Crippen MR) is 99.1 cm³/mol. The lowest BCUT2D eigenvalue weighted by Gasteiger charge is -2.54. The zero-order chi connectivity index (χ0) is 19.2. The van der Waals surface area contributed by atoms with Gasteiger partial charge in [0.1, 0.15) is 12.1 Å². The monoisotopic (exact) mass is 358 g/mol. The number of carbonyl (C=O) groups excluding carboxylic acids is 2. The Bertz CT molecular complexity index is 646. The fourth-order valence-corrected chi connectivity index (χ4v) is 5.61. The molecule has 3 fully saturated rings. The summed E-state index contributed by atoms with van der Waals surface area (Å²) in [6.07, 6.45) is 11.9. The highest BCUT2D eigenvalue weighted by atomic mass is 16.7. The molecule has 3 aliphatic rings. The Morgan fingerprint density at radius 1 is 1.35 bits per heavy atom. The molecule has 2 saturated carbocycles. The normalized spacial score (nSPS) is 40.4. The van der Waals surface area contributed by atoms with Crippen LogP contribution in [0.2, 0.25) is 0 Å². The highest BCUT2D eigenvalue weighted by molar-refractivity contribution is 5.89. The van der Waals surface area contributed by atoms with Gasteiger partial charge in [0, 0.05) is 35.0 Å². The van der Waals surface area contributed by atoms with Gasteiger partial charge in [-0.2, -0.15) is 0 Å².